The van der Waals surface area contributed by atoms with E-state index >= 15 is 0 Å². The van der Waals surface area contributed by atoms with Gasteiger partial charge in [0, 0.05) is 19.6 Å². The molecule has 0 aliphatic carbocycles. The van der Waals surface area contributed by atoms with Crippen LogP contribution in [-0.2, 0) is 11.3 Å². The molecular weight excluding hydrogens is 315 g/mol. The van der Waals surface area contributed by atoms with Gasteiger partial charge < -0.3 is 11.1 Å². The lowest BCUT2D eigenvalue weighted by Crippen LogP contribution is -2.43. The van der Waals surface area contributed by atoms with Crippen LogP contribution >= 0.6 is 11.3 Å². The summed E-state index contributed by atoms with van der Waals surface area (Å²) >= 11 is 1.52. The summed E-state index contributed by atoms with van der Waals surface area (Å²) in [4.78, 5) is 18.9. The van der Waals surface area contributed by atoms with Crippen molar-refractivity contribution in [2.75, 3.05) is 26.2 Å². The Kier molecular flexibility index (Phi) is 5.20. The molecule has 124 valence electrons. The van der Waals surface area contributed by atoms with Gasteiger partial charge in [-0.3, -0.25) is 9.69 Å². The van der Waals surface area contributed by atoms with Crippen LogP contribution in [0.1, 0.15) is 17.8 Å². The van der Waals surface area contributed by atoms with E-state index in [0.717, 1.165) is 41.2 Å². The predicted molar refractivity (Wildman–Crippen MR) is 89.6 cm³/mol. The van der Waals surface area contributed by atoms with Crippen molar-refractivity contribution < 1.29 is 9.18 Å². The van der Waals surface area contributed by atoms with E-state index in [1.165, 1.54) is 23.5 Å². The van der Waals surface area contributed by atoms with Crippen molar-refractivity contribution in [3.05, 3.63) is 29.0 Å². The fourth-order valence-corrected chi connectivity index (χ4v) is 3.99. The summed E-state index contributed by atoms with van der Waals surface area (Å²) in [6.07, 6.45) is 1.91. The third-order valence-electron chi connectivity index (χ3n) is 4.07. The van der Waals surface area contributed by atoms with Crippen molar-refractivity contribution in [3.8, 4) is 0 Å². The molecular formula is C16H21FN4OS. The van der Waals surface area contributed by atoms with Gasteiger partial charge in [0.15, 0.2) is 0 Å². The molecule has 1 aliphatic rings. The van der Waals surface area contributed by atoms with E-state index < -0.39 is 0 Å². The molecule has 0 saturated carbocycles. The van der Waals surface area contributed by atoms with E-state index in [-0.39, 0.29) is 17.6 Å². The third-order valence-corrected chi connectivity index (χ3v) is 5.08. The molecule has 1 amide bonds. The Morgan fingerprint density at radius 2 is 2.39 bits per heavy atom. The number of fused-ring (bicyclic) bond motifs is 1. The second-order valence-electron chi connectivity index (χ2n) is 5.87. The number of aromatic nitrogens is 1. The number of rotatable bonds is 5. The maximum atomic E-state index is 13.3. The van der Waals surface area contributed by atoms with Crippen molar-refractivity contribution in [3.63, 3.8) is 0 Å². The Hall–Kier alpha value is -1.57. The van der Waals surface area contributed by atoms with Crippen LogP contribution in [0.15, 0.2) is 18.2 Å². The highest BCUT2D eigenvalue weighted by Crippen LogP contribution is 2.25. The molecule has 2 aromatic rings. The van der Waals surface area contributed by atoms with Crippen molar-refractivity contribution >= 4 is 27.5 Å². The summed E-state index contributed by atoms with van der Waals surface area (Å²) in [6, 6.07) is 4.67. The molecule has 1 fully saturated rings. The van der Waals surface area contributed by atoms with Gasteiger partial charge in [-0.05, 0) is 37.6 Å². The second-order valence-corrected chi connectivity index (χ2v) is 6.99. The molecule has 1 aromatic heterocycles. The first-order valence-electron chi connectivity index (χ1n) is 7.91. The maximum Gasteiger partial charge on any atom is 0.224 e. The summed E-state index contributed by atoms with van der Waals surface area (Å²) in [5.41, 5.74) is 6.26. The highest BCUT2D eigenvalue weighted by Gasteiger charge is 2.26. The van der Waals surface area contributed by atoms with Gasteiger partial charge in [-0.2, -0.15) is 0 Å². The third kappa shape index (κ3) is 4.04. The van der Waals surface area contributed by atoms with Crippen LogP contribution in [0.2, 0.25) is 0 Å². The molecule has 0 bridgehead atoms. The number of halogens is 1. The number of hydrogen-bond donors (Lipinski definition) is 2. The molecule has 1 saturated heterocycles. The normalized spacial score (nSPS) is 19.1. The summed E-state index contributed by atoms with van der Waals surface area (Å²) in [5, 5.41) is 3.84. The predicted octanol–water partition coefficient (Wildman–Crippen LogP) is 1.72. The summed E-state index contributed by atoms with van der Waals surface area (Å²) in [5.74, 6) is -0.129. The van der Waals surface area contributed by atoms with Gasteiger partial charge in [0.2, 0.25) is 5.91 Å². The maximum absolute atomic E-state index is 13.3. The zero-order valence-corrected chi connectivity index (χ0v) is 13.7. The number of nitrogens with one attached hydrogen (secondary N) is 1. The Labute approximate surface area is 138 Å². The first-order valence-corrected chi connectivity index (χ1v) is 8.72. The molecule has 1 aliphatic heterocycles. The Bertz CT molecular complexity index is 690. The molecule has 0 radical (unpaired) electrons. The van der Waals surface area contributed by atoms with E-state index in [2.05, 4.69) is 15.2 Å². The Morgan fingerprint density at radius 3 is 3.22 bits per heavy atom. The second kappa shape index (κ2) is 7.33. The number of thiazole rings is 1. The van der Waals surface area contributed by atoms with Crippen molar-refractivity contribution in [1.82, 2.24) is 15.2 Å². The number of nitrogens with zero attached hydrogens (tertiary/aromatic N) is 2. The molecule has 7 heteroatoms. The average Bonchev–Trinajstić information content (AvgIpc) is 2.94. The van der Waals surface area contributed by atoms with Crippen molar-refractivity contribution in [2.24, 2.45) is 11.7 Å². The topological polar surface area (TPSA) is 71.2 Å². The summed E-state index contributed by atoms with van der Waals surface area (Å²) in [6.45, 7) is 3.40. The lowest BCUT2D eigenvalue weighted by Gasteiger charge is -2.31. The van der Waals surface area contributed by atoms with Gasteiger partial charge in [0.1, 0.15) is 10.8 Å². The van der Waals surface area contributed by atoms with Crippen LogP contribution in [0.4, 0.5) is 4.39 Å². The minimum Gasteiger partial charge on any atom is -0.355 e. The number of nitrogens with two attached hydrogens (primary N) is 1. The first-order chi connectivity index (χ1) is 11.2. The van der Waals surface area contributed by atoms with Crippen LogP contribution < -0.4 is 11.1 Å². The van der Waals surface area contributed by atoms with Crippen LogP contribution in [-0.4, -0.2) is 42.0 Å². The zero-order chi connectivity index (χ0) is 16.2. The van der Waals surface area contributed by atoms with Crippen LogP contribution in [0.3, 0.4) is 0 Å². The molecule has 1 unspecified atom stereocenters. The van der Waals surface area contributed by atoms with Crippen LogP contribution in [0.25, 0.3) is 10.2 Å². The number of likely N-dealkylation sites (tertiary alicyclic amines) is 1. The van der Waals surface area contributed by atoms with Crippen LogP contribution in [0, 0.1) is 11.7 Å². The van der Waals surface area contributed by atoms with Gasteiger partial charge in [-0.25, -0.2) is 9.37 Å². The largest absolute Gasteiger partial charge is 0.355 e. The Balaban J connectivity index is 1.63. The minimum atomic E-state index is -0.234. The fourth-order valence-electron chi connectivity index (χ4n) is 2.96. The number of carbonyl (C=O) groups excluding carboxylic acids is 1. The number of carbonyl (C=O) groups is 1. The molecule has 0 spiro atoms. The summed E-state index contributed by atoms with van der Waals surface area (Å²) < 4.78 is 14.1. The SMILES string of the molecule is NCCNC(=O)C1CCCN(Cc2nc3ccc(F)cc3s2)C1. The Morgan fingerprint density at radius 1 is 1.52 bits per heavy atom. The van der Waals surface area contributed by atoms with E-state index in [1.54, 1.807) is 6.07 Å². The number of benzene rings is 1. The number of amides is 1. The van der Waals surface area contributed by atoms with E-state index in [4.69, 9.17) is 5.73 Å². The zero-order valence-electron chi connectivity index (χ0n) is 12.9. The first kappa shape index (κ1) is 16.3. The quantitative estimate of drug-likeness (QED) is 0.872. The smallest absolute Gasteiger partial charge is 0.224 e. The van der Waals surface area contributed by atoms with Gasteiger partial charge in [0.05, 0.1) is 22.7 Å². The van der Waals surface area contributed by atoms with Gasteiger partial charge in [-0.15, -0.1) is 11.3 Å². The van der Waals surface area contributed by atoms with Gasteiger partial charge >= 0.3 is 0 Å². The molecule has 3 rings (SSSR count). The number of piperidine rings is 1. The standard InChI is InChI=1S/C16H21FN4OS/c17-12-3-4-13-14(8-12)23-15(20-13)10-21-7-1-2-11(9-21)16(22)19-6-5-18/h3-4,8,11H,1-2,5-7,9-10,18H2,(H,19,22). The lowest BCUT2D eigenvalue weighted by molar-refractivity contribution is -0.126. The molecule has 2 heterocycles. The molecule has 3 N–H and O–H groups in total. The van der Waals surface area contributed by atoms with E-state index in [0.29, 0.717) is 19.6 Å². The van der Waals surface area contributed by atoms with Crippen molar-refractivity contribution in [2.45, 2.75) is 19.4 Å². The molecule has 1 atom stereocenters. The van der Waals surface area contributed by atoms with Gasteiger partial charge in [-0.1, -0.05) is 0 Å². The minimum absolute atomic E-state index is 0.0159. The lowest BCUT2D eigenvalue weighted by atomic mass is 9.97. The van der Waals surface area contributed by atoms with E-state index in [1.807, 2.05) is 0 Å². The highest BCUT2D eigenvalue weighted by molar-refractivity contribution is 7.18. The monoisotopic (exact) mass is 336 g/mol. The summed E-state index contributed by atoms with van der Waals surface area (Å²) in [7, 11) is 0. The highest BCUT2D eigenvalue weighted by atomic mass is 32.1. The molecule has 23 heavy (non-hydrogen) atoms. The fraction of sp³-hybridized carbons (Fsp3) is 0.500. The van der Waals surface area contributed by atoms with Gasteiger partial charge in [0.25, 0.3) is 0 Å². The van der Waals surface area contributed by atoms with E-state index in [9.17, 15) is 9.18 Å². The average molecular weight is 336 g/mol. The van der Waals surface area contributed by atoms with Crippen molar-refractivity contribution in [1.29, 1.82) is 0 Å². The molecule has 1 aromatic carbocycles. The van der Waals surface area contributed by atoms with Crippen LogP contribution in [0.5, 0.6) is 0 Å². The molecule has 5 nitrogen and oxygen atoms in total. The number of hydrogen-bond acceptors (Lipinski definition) is 5.